The molecule has 3 fully saturated rings. The van der Waals surface area contributed by atoms with E-state index in [9.17, 15) is 13.2 Å². The Balaban J connectivity index is 1.38. The highest BCUT2D eigenvalue weighted by molar-refractivity contribution is 5.24. The lowest BCUT2D eigenvalue weighted by Crippen LogP contribution is -2.44. The lowest BCUT2D eigenvalue weighted by atomic mass is 9.73. The highest BCUT2D eigenvalue weighted by Gasteiger charge is 2.43. The molecule has 3 unspecified atom stereocenters. The minimum Gasteiger partial charge on any atom is -0.381 e. The maximum atomic E-state index is 13.0. The fourth-order valence-corrected chi connectivity index (χ4v) is 5.32. The highest BCUT2D eigenvalue weighted by Crippen LogP contribution is 2.40. The van der Waals surface area contributed by atoms with E-state index in [4.69, 9.17) is 4.74 Å². The number of hydrogen-bond donors (Lipinski definition) is 1. The molecular weight excluding hydrogens is 385 g/mol. The molecule has 6 nitrogen and oxygen atoms in total. The summed E-state index contributed by atoms with van der Waals surface area (Å²) in [6.07, 6.45) is 5.68. The van der Waals surface area contributed by atoms with Crippen LogP contribution in [0.15, 0.2) is 6.33 Å². The van der Waals surface area contributed by atoms with Gasteiger partial charge in [0.1, 0.15) is 6.33 Å². The van der Waals surface area contributed by atoms with Crippen LogP contribution in [0.3, 0.4) is 0 Å². The number of rotatable bonds is 5. The van der Waals surface area contributed by atoms with Gasteiger partial charge in [0.05, 0.1) is 12.1 Å². The zero-order chi connectivity index (χ0) is 20.3. The third-order valence-electron chi connectivity index (χ3n) is 6.79. The Labute approximate surface area is 169 Å². The van der Waals surface area contributed by atoms with Crippen molar-refractivity contribution in [2.45, 2.75) is 88.8 Å². The average molecular weight is 416 g/mol. The van der Waals surface area contributed by atoms with Crippen LogP contribution in [0.2, 0.25) is 0 Å². The normalized spacial score (nSPS) is 30.4. The van der Waals surface area contributed by atoms with Crippen LogP contribution in [-0.2, 0) is 9.47 Å². The second-order valence-electron chi connectivity index (χ2n) is 8.71. The van der Waals surface area contributed by atoms with Crippen LogP contribution in [-0.4, -0.2) is 46.5 Å². The van der Waals surface area contributed by atoms with Crippen LogP contribution in [0.25, 0.3) is 0 Å². The first kappa shape index (κ1) is 20.9. The number of halogens is 3. The van der Waals surface area contributed by atoms with Gasteiger partial charge in [-0.15, -0.1) is 18.3 Å². The molecular formula is C20H31F3N4O2. The molecule has 2 heterocycles. The first-order chi connectivity index (χ1) is 14.0. The molecule has 29 heavy (non-hydrogen) atoms. The standard InChI is InChI=1S/C20H31F3N4O2/c21-20(22,23)29-18-12-15(6-7-17(18)14-8-10-28-11-9-14)25-19-24-13-27(26-19)16-4-2-1-3-5-16/h13-18H,1-12H2,(H,25,26). The van der Waals surface area contributed by atoms with Crippen molar-refractivity contribution in [3.05, 3.63) is 6.33 Å². The van der Waals surface area contributed by atoms with Crippen molar-refractivity contribution in [3.63, 3.8) is 0 Å². The van der Waals surface area contributed by atoms with Crippen LogP contribution in [0.1, 0.15) is 70.3 Å². The lowest BCUT2D eigenvalue weighted by Gasteiger charge is -2.41. The predicted octanol–water partition coefficient (Wildman–Crippen LogP) is 4.70. The number of nitrogens with one attached hydrogen (secondary N) is 1. The van der Waals surface area contributed by atoms with Gasteiger partial charge in [0, 0.05) is 19.3 Å². The first-order valence-electron chi connectivity index (χ1n) is 11.0. The van der Waals surface area contributed by atoms with Gasteiger partial charge < -0.3 is 10.1 Å². The van der Waals surface area contributed by atoms with E-state index >= 15 is 0 Å². The van der Waals surface area contributed by atoms with Gasteiger partial charge in [0.25, 0.3) is 0 Å². The SMILES string of the molecule is FC(F)(F)OC1CC(Nc2ncn(C3CCCCC3)n2)CCC1C1CCOCC1. The molecule has 1 N–H and O–H groups in total. The molecule has 0 amide bonds. The Hall–Kier alpha value is -1.35. The van der Waals surface area contributed by atoms with E-state index in [2.05, 4.69) is 20.1 Å². The second kappa shape index (κ2) is 9.20. The van der Waals surface area contributed by atoms with Crippen LogP contribution in [0, 0.1) is 11.8 Å². The monoisotopic (exact) mass is 416 g/mol. The summed E-state index contributed by atoms with van der Waals surface area (Å²) in [5.41, 5.74) is 0. The molecule has 0 radical (unpaired) electrons. The van der Waals surface area contributed by atoms with Crippen LogP contribution >= 0.6 is 0 Å². The van der Waals surface area contributed by atoms with E-state index in [1.54, 1.807) is 6.33 Å². The second-order valence-corrected chi connectivity index (χ2v) is 8.71. The van der Waals surface area contributed by atoms with Crippen molar-refractivity contribution < 1.29 is 22.6 Å². The molecule has 2 aliphatic carbocycles. The molecule has 0 spiro atoms. The minimum absolute atomic E-state index is 0.0775. The van der Waals surface area contributed by atoms with Gasteiger partial charge in [-0.3, -0.25) is 4.74 Å². The minimum atomic E-state index is -4.61. The van der Waals surface area contributed by atoms with Crippen molar-refractivity contribution in [1.82, 2.24) is 14.8 Å². The average Bonchev–Trinajstić information content (AvgIpc) is 3.17. The zero-order valence-electron chi connectivity index (χ0n) is 16.7. The summed E-state index contributed by atoms with van der Waals surface area (Å²) in [4.78, 5) is 4.36. The van der Waals surface area contributed by atoms with Crippen molar-refractivity contribution in [1.29, 1.82) is 0 Å². The van der Waals surface area contributed by atoms with E-state index < -0.39 is 12.5 Å². The highest BCUT2D eigenvalue weighted by atomic mass is 19.4. The van der Waals surface area contributed by atoms with Crippen molar-refractivity contribution in [3.8, 4) is 0 Å². The van der Waals surface area contributed by atoms with Crippen LogP contribution in [0.4, 0.5) is 19.1 Å². The maximum Gasteiger partial charge on any atom is 0.522 e. The van der Waals surface area contributed by atoms with E-state index in [0.29, 0.717) is 38.0 Å². The van der Waals surface area contributed by atoms with E-state index in [-0.39, 0.29) is 17.9 Å². The largest absolute Gasteiger partial charge is 0.522 e. The molecule has 2 saturated carbocycles. The van der Waals surface area contributed by atoms with E-state index in [1.807, 2.05) is 4.68 Å². The quantitative estimate of drug-likeness (QED) is 0.754. The Morgan fingerprint density at radius 3 is 2.52 bits per heavy atom. The smallest absolute Gasteiger partial charge is 0.381 e. The Morgan fingerprint density at radius 2 is 1.79 bits per heavy atom. The van der Waals surface area contributed by atoms with Gasteiger partial charge in [-0.25, -0.2) is 9.67 Å². The molecule has 1 saturated heterocycles. The van der Waals surface area contributed by atoms with Crippen molar-refractivity contribution in [2.24, 2.45) is 11.8 Å². The lowest BCUT2D eigenvalue weighted by molar-refractivity contribution is -0.353. The molecule has 164 valence electrons. The summed E-state index contributed by atoms with van der Waals surface area (Å²) in [5.74, 6) is 0.669. The molecule has 0 aromatic carbocycles. The van der Waals surface area contributed by atoms with E-state index in [1.165, 1.54) is 19.3 Å². The Bertz CT molecular complexity index is 642. The number of ether oxygens (including phenoxy) is 2. The van der Waals surface area contributed by atoms with Gasteiger partial charge in [-0.2, -0.15) is 0 Å². The number of anilines is 1. The zero-order valence-corrected chi connectivity index (χ0v) is 16.7. The summed E-state index contributed by atoms with van der Waals surface area (Å²) in [6, 6.07) is 0.276. The molecule has 1 aromatic rings. The Kier molecular flexibility index (Phi) is 6.63. The maximum absolute atomic E-state index is 13.0. The number of nitrogens with zero attached hydrogens (tertiary/aromatic N) is 3. The predicted molar refractivity (Wildman–Crippen MR) is 101 cm³/mol. The first-order valence-corrected chi connectivity index (χ1v) is 11.0. The molecule has 9 heteroatoms. The third-order valence-corrected chi connectivity index (χ3v) is 6.79. The number of hydrogen-bond acceptors (Lipinski definition) is 5. The number of alkyl halides is 3. The molecule has 4 rings (SSSR count). The molecule has 1 aromatic heterocycles. The summed E-state index contributed by atoms with van der Waals surface area (Å²) >= 11 is 0. The van der Waals surface area contributed by atoms with Gasteiger partial charge in [0.2, 0.25) is 5.95 Å². The summed E-state index contributed by atoms with van der Waals surface area (Å²) in [7, 11) is 0. The van der Waals surface area contributed by atoms with Gasteiger partial charge >= 0.3 is 6.36 Å². The molecule has 0 bridgehead atoms. The molecule has 3 atom stereocenters. The fraction of sp³-hybridized carbons (Fsp3) is 0.900. The number of aromatic nitrogens is 3. The fourth-order valence-electron chi connectivity index (χ4n) is 5.32. The summed E-state index contributed by atoms with van der Waals surface area (Å²) < 4.78 is 51.0. The van der Waals surface area contributed by atoms with Crippen molar-refractivity contribution >= 4 is 5.95 Å². The van der Waals surface area contributed by atoms with Crippen LogP contribution in [0.5, 0.6) is 0 Å². The topological polar surface area (TPSA) is 61.2 Å². The Morgan fingerprint density at radius 1 is 1.03 bits per heavy atom. The van der Waals surface area contributed by atoms with Gasteiger partial charge in [0.15, 0.2) is 0 Å². The van der Waals surface area contributed by atoms with Gasteiger partial charge in [-0.05, 0) is 56.8 Å². The van der Waals surface area contributed by atoms with Crippen molar-refractivity contribution in [2.75, 3.05) is 18.5 Å². The molecule has 1 aliphatic heterocycles. The van der Waals surface area contributed by atoms with Crippen LogP contribution < -0.4 is 5.32 Å². The molecule has 3 aliphatic rings. The van der Waals surface area contributed by atoms with E-state index in [0.717, 1.165) is 32.1 Å². The third kappa shape index (κ3) is 5.63. The summed E-state index contributed by atoms with van der Waals surface area (Å²) in [5, 5.41) is 7.82. The summed E-state index contributed by atoms with van der Waals surface area (Å²) in [6.45, 7) is 1.26. The van der Waals surface area contributed by atoms with Gasteiger partial charge in [-0.1, -0.05) is 19.3 Å².